The van der Waals surface area contributed by atoms with Crippen molar-refractivity contribution in [1.82, 2.24) is 0 Å². The van der Waals surface area contributed by atoms with Gasteiger partial charge in [-0.2, -0.15) is 0 Å². The highest BCUT2D eigenvalue weighted by molar-refractivity contribution is 6.47. The van der Waals surface area contributed by atoms with E-state index in [1.807, 2.05) is 0 Å². The first-order valence-corrected chi connectivity index (χ1v) is 6.53. The maximum atomic E-state index is 9.50. The van der Waals surface area contributed by atoms with Gasteiger partial charge in [0.05, 0.1) is 0 Å². The Bertz CT molecular complexity index is 352. The van der Waals surface area contributed by atoms with Crippen LogP contribution >= 0.6 is 0 Å². The summed E-state index contributed by atoms with van der Waals surface area (Å²) in [5.41, 5.74) is 4.88. The summed E-state index contributed by atoms with van der Waals surface area (Å²) in [6, 6.07) is 4.48. The van der Waals surface area contributed by atoms with Gasteiger partial charge in [0.25, 0.3) is 0 Å². The van der Waals surface area contributed by atoms with E-state index in [-0.39, 0.29) is 0 Å². The predicted octanol–water partition coefficient (Wildman–Crippen LogP) is 3.29. The van der Waals surface area contributed by atoms with Gasteiger partial charge in [0.1, 0.15) is 0 Å². The second-order valence-corrected chi connectivity index (χ2v) is 5.71. The molecule has 0 bridgehead atoms. The van der Waals surface area contributed by atoms with Gasteiger partial charge in [0.15, 0.2) is 0 Å². The predicted molar refractivity (Wildman–Crippen MR) is 76.3 cm³/mol. The molecular weight excluding hydrogens is 207 g/mol. The van der Waals surface area contributed by atoms with Crippen LogP contribution in [0.3, 0.4) is 0 Å². The summed E-state index contributed by atoms with van der Waals surface area (Å²) in [4.78, 5) is 0. The molecule has 93 valence electrons. The van der Waals surface area contributed by atoms with Crippen LogP contribution in [0, 0.1) is 0 Å². The van der Waals surface area contributed by atoms with Crippen molar-refractivity contribution in [3.63, 3.8) is 0 Å². The molecule has 1 radical (unpaired) electrons. The lowest BCUT2D eigenvalue weighted by molar-refractivity contribution is 0.613. The van der Waals surface area contributed by atoms with Gasteiger partial charge in [0, 0.05) is 0 Å². The van der Waals surface area contributed by atoms with E-state index in [9.17, 15) is 5.02 Å². The Morgan fingerprint density at radius 3 is 1.47 bits per heavy atom. The van der Waals surface area contributed by atoms with Crippen LogP contribution < -0.4 is 5.46 Å². The molecule has 2 heteroatoms. The lowest BCUT2D eigenvalue weighted by Crippen LogP contribution is -2.26. The molecule has 1 rings (SSSR count). The van der Waals surface area contributed by atoms with Gasteiger partial charge in [-0.1, -0.05) is 53.7 Å². The monoisotopic (exact) mass is 231 g/mol. The SMILES string of the molecule is CC(C)c1cc(C(C)C)c([B]O)c(C(C)C)c1. The Kier molecular flexibility index (Phi) is 4.82. The lowest BCUT2D eigenvalue weighted by atomic mass is 9.73. The van der Waals surface area contributed by atoms with Crippen molar-refractivity contribution in [2.75, 3.05) is 0 Å². The molecule has 0 aliphatic heterocycles. The Morgan fingerprint density at radius 2 is 1.24 bits per heavy atom. The maximum absolute atomic E-state index is 9.50. The average molecular weight is 231 g/mol. The molecule has 0 atom stereocenters. The number of benzene rings is 1. The summed E-state index contributed by atoms with van der Waals surface area (Å²) in [7, 11) is 1.27. The normalized spacial score (nSPS) is 11.6. The Morgan fingerprint density at radius 1 is 0.824 bits per heavy atom. The van der Waals surface area contributed by atoms with E-state index in [2.05, 4.69) is 53.7 Å². The van der Waals surface area contributed by atoms with Crippen LogP contribution in [-0.4, -0.2) is 12.5 Å². The molecule has 1 N–H and O–H groups in total. The third kappa shape index (κ3) is 3.13. The van der Waals surface area contributed by atoms with Crippen molar-refractivity contribution >= 4 is 12.9 Å². The summed E-state index contributed by atoms with van der Waals surface area (Å²) in [5.74, 6) is 1.40. The van der Waals surface area contributed by atoms with E-state index in [1.165, 1.54) is 24.2 Å². The van der Waals surface area contributed by atoms with Gasteiger partial charge < -0.3 is 5.02 Å². The highest BCUT2D eigenvalue weighted by Crippen LogP contribution is 2.25. The molecule has 0 saturated heterocycles. The van der Waals surface area contributed by atoms with E-state index >= 15 is 0 Å². The molecule has 17 heavy (non-hydrogen) atoms. The first-order valence-electron chi connectivity index (χ1n) is 6.53. The van der Waals surface area contributed by atoms with E-state index in [0.717, 1.165) is 5.46 Å². The van der Waals surface area contributed by atoms with E-state index in [1.54, 1.807) is 0 Å². The molecule has 0 unspecified atom stereocenters. The molecule has 0 aliphatic carbocycles. The fraction of sp³-hybridized carbons (Fsp3) is 0.600. The van der Waals surface area contributed by atoms with E-state index in [4.69, 9.17) is 0 Å². The number of hydrogen-bond donors (Lipinski definition) is 1. The van der Waals surface area contributed by atoms with Crippen LogP contribution in [0.2, 0.25) is 0 Å². The van der Waals surface area contributed by atoms with Crippen LogP contribution in [0.15, 0.2) is 12.1 Å². The standard InChI is InChI=1S/C15H24BO/c1-9(2)12-7-13(10(3)4)15(16-17)14(8-12)11(5)6/h7-11,17H,1-6H3. The quantitative estimate of drug-likeness (QED) is 0.788. The van der Waals surface area contributed by atoms with E-state index in [0.29, 0.717) is 17.8 Å². The van der Waals surface area contributed by atoms with Crippen molar-refractivity contribution in [1.29, 1.82) is 0 Å². The van der Waals surface area contributed by atoms with Gasteiger partial charge in [-0.15, -0.1) is 0 Å². The van der Waals surface area contributed by atoms with Crippen LogP contribution in [0.4, 0.5) is 0 Å². The molecule has 0 amide bonds. The van der Waals surface area contributed by atoms with Crippen LogP contribution in [0.25, 0.3) is 0 Å². The zero-order valence-corrected chi connectivity index (χ0v) is 11.9. The summed E-state index contributed by atoms with van der Waals surface area (Å²) in [5, 5.41) is 9.50. The molecular formula is C15H24BO. The average Bonchev–Trinajstić information content (AvgIpc) is 2.26. The fourth-order valence-electron chi connectivity index (χ4n) is 2.16. The molecule has 1 nitrogen and oxygen atoms in total. The van der Waals surface area contributed by atoms with Crippen LogP contribution in [-0.2, 0) is 0 Å². The number of rotatable bonds is 4. The second-order valence-electron chi connectivity index (χ2n) is 5.71. The molecule has 0 aliphatic rings. The summed E-state index contributed by atoms with van der Waals surface area (Å²) >= 11 is 0. The highest BCUT2D eigenvalue weighted by atomic mass is 16.2. The van der Waals surface area contributed by atoms with Gasteiger partial charge in [-0.25, -0.2) is 0 Å². The van der Waals surface area contributed by atoms with Crippen molar-refractivity contribution < 1.29 is 5.02 Å². The van der Waals surface area contributed by atoms with Crippen molar-refractivity contribution in [2.24, 2.45) is 0 Å². The zero-order chi connectivity index (χ0) is 13.2. The second kappa shape index (κ2) is 5.73. The molecule has 0 heterocycles. The smallest absolute Gasteiger partial charge is 0.327 e. The third-order valence-electron chi connectivity index (χ3n) is 3.31. The van der Waals surface area contributed by atoms with Crippen LogP contribution in [0.1, 0.15) is 76.0 Å². The van der Waals surface area contributed by atoms with Crippen LogP contribution in [0.5, 0.6) is 0 Å². The fourth-order valence-corrected chi connectivity index (χ4v) is 2.16. The maximum Gasteiger partial charge on any atom is 0.327 e. The molecule has 0 fully saturated rings. The summed E-state index contributed by atoms with van der Waals surface area (Å²) < 4.78 is 0. The molecule has 0 saturated carbocycles. The highest BCUT2D eigenvalue weighted by Gasteiger charge is 2.16. The van der Waals surface area contributed by atoms with Gasteiger partial charge in [-0.3, -0.25) is 0 Å². The minimum absolute atomic E-state index is 0.435. The minimum atomic E-state index is 0.435. The largest absolute Gasteiger partial charge is 0.450 e. The van der Waals surface area contributed by atoms with E-state index < -0.39 is 0 Å². The first kappa shape index (κ1) is 14.3. The van der Waals surface area contributed by atoms with Crippen molar-refractivity contribution in [3.05, 3.63) is 28.8 Å². The lowest BCUT2D eigenvalue weighted by Gasteiger charge is -2.21. The first-order chi connectivity index (χ1) is 7.88. The minimum Gasteiger partial charge on any atom is -0.450 e. The topological polar surface area (TPSA) is 20.2 Å². The van der Waals surface area contributed by atoms with Gasteiger partial charge in [-0.05, 0) is 39.9 Å². The molecule has 1 aromatic rings. The molecule has 1 aromatic carbocycles. The molecule has 0 aromatic heterocycles. The molecule has 0 spiro atoms. The van der Waals surface area contributed by atoms with Crippen molar-refractivity contribution in [2.45, 2.75) is 59.3 Å². The summed E-state index contributed by atoms with van der Waals surface area (Å²) in [6.07, 6.45) is 0. The van der Waals surface area contributed by atoms with Gasteiger partial charge >= 0.3 is 7.48 Å². The van der Waals surface area contributed by atoms with Gasteiger partial charge in [0.2, 0.25) is 0 Å². The number of hydrogen-bond acceptors (Lipinski definition) is 1. The zero-order valence-electron chi connectivity index (χ0n) is 11.9. The Labute approximate surface area is 107 Å². The third-order valence-corrected chi connectivity index (χ3v) is 3.31. The Hall–Kier alpha value is -0.755. The summed E-state index contributed by atoms with van der Waals surface area (Å²) in [6.45, 7) is 13.1. The van der Waals surface area contributed by atoms with Crippen molar-refractivity contribution in [3.8, 4) is 0 Å². The Balaban J connectivity index is 3.46.